The maximum Gasteiger partial charge on any atom is 0.237 e. The van der Waals surface area contributed by atoms with Gasteiger partial charge in [-0.2, -0.15) is 11.8 Å². The number of aromatic nitrogens is 1. The van der Waals surface area contributed by atoms with Crippen molar-refractivity contribution in [2.24, 2.45) is 5.73 Å². The Labute approximate surface area is 116 Å². The minimum Gasteiger partial charge on any atom is -0.348 e. The van der Waals surface area contributed by atoms with Crippen LogP contribution in [0.3, 0.4) is 0 Å². The third-order valence-corrected chi connectivity index (χ3v) is 3.66. The van der Waals surface area contributed by atoms with Crippen molar-refractivity contribution in [3.05, 3.63) is 16.1 Å². The van der Waals surface area contributed by atoms with E-state index in [9.17, 15) is 4.79 Å². The summed E-state index contributed by atoms with van der Waals surface area (Å²) in [5, 5.41) is 5.68. The van der Waals surface area contributed by atoms with Crippen LogP contribution in [0.25, 0.3) is 0 Å². The molecule has 0 aliphatic carbocycles. The van der Waals surface area contributed by atoms with Gasteiger partial charge >= 0.3 is 0 Å². The van der Waals surface area contributed by atoms with Crippen molar-refractivity contribution in [1.82, 2.24) is 10.3 Å². The molecule has 0 bridgehead atoms. The maximum absolute atomic E-state index is 11.6. The van der Waals surface area contributed by atoms with Crippen molar-refractivity contribution in [1.29, 1.82) is 0 Å². The van der Waals surface area contributed by atoms with Gasteiger partial charge < -0.3 is 11.1 Å². The van der Waals surface area contributed by atoms with Crippen LogP contribution >= 0.6 is 35.5 Å². The molecule has 0 aliphatic rings. The molecule has 0 saturated carbocycles. The summed E-state index contributed by atoms with van der Waals surface area (Å²) >= 11 is 3.25. The van der Waals surface area contributed by atoms with Crippen LogP contribution in [0.15, 0.2) is 5.38 Å². The lowest BCUT2D eigenvalue weighted by atomic mass is 10.2. The van der Waals surface area contributed by atoms with E-state index in [0.29, 0.717) is 13.0 Å². The molecule has 0 aromatic carbocycles. The third-order valence-electron chi connectivity index (χ3n) is 2.05. The highest BCUT2D eigenvalue weighted by Gasteiger charge is 2.12. The second kappa shape index (κ2) is 8.74. The lowest BCUT2D eigenvalue weighted by Gasteiger charge is -2.10. The summed E-state index contributed by atoms with van der Waals surface area (Å²) in [6.45, 7) is 2.41. The molecule has 1 amide bonds. The van der Waals surface area contributed by atoms with Crippen molar-refractivity contribution in [3.63, 3.8) is 0 Å². The molecular weight excluding hydrogens is 278 g/mol. The smallest absolute Gasteiger partial charge is 0.237 e. The Morgan fingerprint density at radius 3 is 2.94 bits per heavy atom. The zero-order chi connectivity index (χ0) is 12.0. The number of carbonyl (C=O) groups excluding carboxylic acids is 1. The van der Waals surface area contributed by atoms with Gasteiger partial charge in [0.25, 0.3) is 0 Å². The Morgan fingerprint density at radius 2 is 2.41 bits per heavy atom. The Balaban J connectivity index is 0.00000256. The fourth-order valence-corrected chi connectivity index (χ4v) is 2.35. The van der Waals surface area contributed by atoms with Gasteiger partial charge in [-0.05, 0) is 25.4 Å². The monoisotopic (exact) mass is 295 g/mol. The molecule has 1 atom stereocenters. The van der Waals surface area contributed by atoms with Crippen LogP contribution in [0.5, 0.6) is 0 Å². The molecule has 3 N–H and O–H groups in total. The van der Waals surface area contributed by atoms with Crippen LogP contribution < -0.4 is 11.1 Å². The lowest BCUT2D eigenvalue weighted by Crippen LogP contribution is -2.40. The average Bonchev–Trinajstić information content (AvgIpc) is 2.68. The number of nitrogens with two attached hydrogens (primary N) is 1. The fraction of sp³-hybridized carbons (Fsp3) is 0.600. The number of hydrogen-bond acceptors (Lipinski definition) is 5. The maximum atomic E-state index is 11.6. The number of nitrogens with zero attached hydrogens (tertiary/aromatic N) is 1. The fourth-order valence-electron chi connectivity index (χ4n) is 1.15. The molecular formula is C10H18ClN3OS2. The quantitative estimate of drug-likeness (QED) is 0.836. The number of halogens is 1. The Hall–Kier alpha value is -0.300. The summed E-state index contributed by atoms with van der Waals surface area (Å²) in [5.41, 5.74) is 6.72. The van der Waals surface area contributed by atoms with Crippen LogP contribution in [0.2, 0.25) is 0 Å². The zero-order valence-corrected chi connectivity index (χ0v) is 12.4. The van der Waals surface area contributed by atoms with E-state index >= 15 is 0 Å². The summed E-state index contributed by atoms with van der Waals surface area (Å²) in [6.07, 6.45) is 2.72. The van der Waals surface area contributed by atoms with E-state index in [4.69, 9.17) is 5.73 Å². The van der Waals surface area contributed by atoms with E-state index in [1.54, 1.807) is 23.1 Å². The van der Waals surface area contributed by atoms with Gasteiger partial charge in [0.1, 0.15) is 5.01 Å². The topological polar surface area (TPSA) is 68.0 Å². The van der Waals surface area contributed by atoms with Crippen LogP contribution in [-0.4, -0.2) is 28.9 Å². The van der Waals surface area contributed by atoms with E-state index < -0.39 is 6.04 Å². The molecule has 0 aliphatic heterocycles. The number of thiazole rings is 1. The first-order valence-electron chi connectivity index (χ1n) is 5.06. The lowest BCUT2D eigenvalue weighted by molar-refractivity contribution is -0.122. The number of hydrogen-bond donors (Lipinski definition) is 2. The van der Waals surface area contributed by atoms with Crippen molar-refractivity contribution < 1.29 is 4.79 Å². The number of thioether (sulfide) groups is 1. The van der Waals surface area contributed by atoms with Crippen LogP contribution in [0, 0.1) is 6.92 Å². The first-order chi connectivity index (χ1) is 7.63. The first-order valence-corrected chi connectivity index (χ1v) is 7.34. The van der Waals surface area contributed by atoms with Gasteiger partial charge in [-0.1, -0.05) is 0 Å². The zero-order valence-electron chi connectivity index (χ0n) is 9.93. The standard InChI is InChI=1S/C10H17N3OS2.ClH/c1-7-6-16-9(13-7)5-12-10(14)8(11)3-4-15-2;/h6,8H,3-5,11H2,1-2H3,(H,12,14);1H/t8-;/m0./s1. The van der Waals surface area contributed by atoms with E-state index in [1.807, 2.05) is 18.6 Å². The summed E-state index contributed by atoms with van der Waals surface area (Å²) in [4.78, 5) is 15.8. The summed E-state index contributed by atoms with van der Waals surface area (Å²) in [7, 11) is 0. The van der Waals surface area contributed by atoms with Gasteiger partial charge in [0.2, 0.25) is 5.91 Å². The Morgan fingerprint density at radius 1 is 1.71 bits per heavy atom. The SMILES string of the molecule is CSCC[C@H](N)C(=O)NCc1nc(C)cs1.Cl. The highest BCUT2D eigenvalue weighted by Crippen LogP contribution is 2.08. The van der Waals surface area contributed by atoms with E-state index in [-0.39, 0.29) is 18.3 Å². The van der Waals surface area contributed by atoms with Gasteiger partial charge in [0.15, 0.2) is 0 Å². The average molecular weight is 296 g/mol. The van der Waals surface area contributed by atoms with Crippen molar-refractivity contribution in [2.45, 2.75) is 25.9 Å². The molecule has 7 heteroatoms. The molecule has 0 fully saturated rings. The summed E-state index contributed by atoms with van der Waals surface area (Å²) in [6, 6.07) is -0.409. The molecule has 0 saturated heterocycles. The van der Waals surface area contributed by atoms with Crippen LogP contribution in [-0.2, 0) is 11.3 Å². The molecule has 1 aromatic rings. The molecule has 17 heavy (non-hydrogen) atoms. The molecule has 4 nitrogen and oxygen atoms in total. The van der Waals surface area contributed by atoms with Crippen molar-refractivity contribution in [3.8, 4) is 0 Å². The van der Waals surface area contributed by atoms with E-state index in [1.165, 1.54) is 0 Å². The Bertz CT molecular complexity index is 346. The van der Waals surface area contributed by atoms with Crippen LogP contribution in [0.1, 0.15) is 17.1 Å². The highest BCUT2D eigenvalue weighted by molar-refractivity contribution is 7.98. The van der Waals surface area contributed by atoms with Crippen molar-refractivity contribution in [2.75, 3.05) is 12.0 Å². The summed E-state index contributed by atoms with van der Waals surface area (Å²) < 4.78 is 0. The molecule has 98 valence electrons. The number of rotatable bonds is 6. The normalized spacial score (nSPS) is 11.7. The van der Waals surface area contributed by atoms with Crippen LogP contribution in [0.4, 0.5) is 0 Å². The molecule has 1 rings (SSSR count). The third kappa shape index (κ3) is 6.26. The van der Waals surface area contributed by atoms with Gasteiger partial charge in [0, 0.05) is 11.1 Å². The minimum absolute atomic E-state index is 0. The molecule has 1 heterocycles. The number of nitrogens with one attached hydrogen (secondary N) is 1. The van der Waals surface area contributed by atoms with Gasteiger partial charge in [-0.25, -0.2) is 4.98 Å². The Kier molecular flexibility index (Phi) is 8.59. The molecule has 0 spiro atoms. The highest BCUT2D eigenvalue weighted by atomic mass is 35.5. The second-order valence-electron chi connectivity index (χ2n) is 3.49. The molecule has 0 radical (unpaired) electrons. The second-order valence-corrected chi connectivity index (χ2v) is 5.42. The number of aryl methyl sites for hydroxylation is 1. The van der Waals surface area contributed by atoms with Gasteiger partial charge in [0.05, 0.1) is 12.6 Å². The molecule has 0 unspecified atom stereocenters. The minimum atomic E-state index is -0.409. The number of amides is 1. The van der Waals surface area contributed by atoms with Crippen molar-refractivity contribution >= 4 is 41.4 Å². The largest absolute Gasteiger partial charge is 0.348 e. The van der Waals surface area contributed by atoms with Gasteiger partial charge in [-0.3, -0.25) is 4.79 Å². The first kappa shape index (κ1) is 16.7. The number of carbonyl (C=O) groups is 1. The predicted molar refractivity (Wildman–Crippen MR) is 76.9 cm³/mol. The van der Waals surface area contributed by atoms with E-state index in [0.717, 1.165) is 16.5 Å². The summed E-state index contributed by atoms with van der Waals surface area (Å²) in [5.74, 6) is 0.812. The predicted octanol–water partition coefficient (Wildman–Crippen LogP) is 1.57. The van der Waals surface area contributed by atoms with E-state index in [2.05, 4.69) is 10.3 Å². The molecule has 1 aromatic heterocycles. The van der Waals surface area contributed by atoms with Gasteiger partial charge in [-0.15, -0.1) is 23.7 Å².